The van der Waals surface area contributed by atoms with Gasteiger partial charge in [0.1, 0.15) is 18.8 Å². The summed E-state index contributed by atoms with van der Waals surface area (Å²) in [6, 6.07) is 19.8. The smallest absolute Gasteiger partial charge is 0.249 e. The molecule has 0 aromatic heterocycles. The third kappa shape index (κ3) is 7.67. The van der Waals surface area contributed by atoms with Gasteiger partial charge in [-0.1, -0.05) is 51.3 Å². The van der Waals surface area contributed by atoms with Crippen molar-refractivity contribution in [3.05, 3.63) is 92.4 Å². The summed E-state index contributed by atoms with van der Waals surface area (Å²) in [5.41, 5.74) is 4.59. The first-order valence-electron chi connectivity index (χ1n) is 9.43. The Kier molecular flexibility index (Phi) is 8.67. The summed E-state index contributed by atoms with van der Waals surface area (Å²) in [4.78, 5) is 23.8. The van der Waals surface area contributed by atoms with Crippen molar-refractivity contribution in [3.8, 4) is 5.75 Å². The molecule has 3 rings (SSSR count). The number of rotatable bonds is 8. The molecule has 0 aliphatic carbocycles. The lowest BCUT2D eigenvalue weighted by Gasteiger charge is -2.07. The van der Waals surface area contributed by atoms with E-state index in [1.807, 2.05) is 48.5 Å². The van der Waals surface area contributed by atoms with Crippen LogP contribution < -0.4 is 15.5 Å². The van der Waals surface area contributed by atoms with Gasteiger partial charge in [0.15, 0.2) is 0 Å². The summed E-state index contributed by atoms with van der Waals surface area (Å²) in [5.74, 6) is -0.329. The molecule has 9 heteroatoms. The molecule has 0 atom stereocenters. The number of hydrogen-bond acceptors (Lipinski definition) is 4. The minimum absolute atomic E-state index is 0.309. The summed E-state index contributed by atoms with van der Waals surface area (Å²) in [6.45, 7) is 0.459. The van der Waals surface area contributed by atoms with E-state index in [1.165, 1.54) is 12.3 Å². The largest absolute Gasteiger partial charge is 0.489 e. The number of hydrogen-bond donors (Lipinski definition) is 2. The van der Waals surface area contributed by atoms with Crippen molar-refractivity contribution in [3.63, 3.8) is 0 Å². The highest BCUT2D eigenvalue weighted by Gasteiger charge is 2.10. The van der Waals surface area contributed by atoms with E-state index in [-0.39, 0.29) is 6.42 Å². The maximum Gasteiger partial charge on any atom is 0.249 e. The SMILES string of the molecule is O=C(CC(=O)Nc1ccc(Cl)c(Cl)c1)NN=Cc1ccc(OCc2ccc(Br)cc2)cc1. The number of nitrogens with one attached hydrogen (secondary N) is 2. The molecule has 0 radical (unpaired) electrons. The normalized spacial score (nSPS) is 10.7. The van der Waals surface area contributed by atoms with E-state index in [4.69, 9.17) is 27.9 Å². The van der Waals surface area contributed by atoms with Crippen LogP contribution in [0.25, 0.3) is 0 Å². The molecular formula is C23H18BrCl2N3O3. The monoisotopic (exact) mass is 533 g/mol. The van der Waals surface area contributed by atoms with Crippen LogP contribution in [-0.2, 0) is 16.2 Å². The fraction of sp³-hybridized carbons (Fsp3) is 0.0870. The molecule has 6 nitrogen and oxygen atoms in total. The van der Waals surface area contributed by atoms with E-state index in [1.54, 1.807) is 12.1 Å². The van der Waals surface area contributed by atoms with Crippen LogP contribution in [0.2, 0.25) is 10.0 Å². The maximum atomic E-state index is 12.0. The van der Waals surface area contributed by atoms with Crippen molar-refractivity contribution in [2.45, 2.75) is 13.0 Å². The Bertz CT molecular complexity index is 1120. The maximum absolute atomic E-state index is 12.0. The molecule has 32 heavy (non-hydrogen) atoms. The summed E-state index contributed by atoms with van der Waals surface area (Å²) >= 11 is 15.1. The Morgan fingerprint density at radius 2 is 1.66 bits per heavy atom. The lowest BCUT2D eigenvalue weighted by atomic mass is 10.2. The van der Waals surface area contributed by atoms with E-state index in [0.717, 1.165) is 15.6 Å². The Hall–Kier alpha value is -2.87. The van der Waals surface area contributed by atoms with Crippen molar-refractivity contribution in [2.75, 3.05) is 5.32 Å². The third-order valence-corrected chi connectivity index (χ3v) is 5.39. The predicted molar refractivity (Wildman–Crippen MR) is 130 cm³/mol. The Morgan fingerprint density at radius 3 is 2.34 bits per heavy atom. The van der Waals surface area contributed by atoms with E-state index in [2.05, 4.69) is 31.8 Å². The molecule has 0 saturated heterocycles. The number of nitrogens with zero attached hydrogens (tertiary/aromatic N) is 1. The van der Waals surface area contributed by atoms with Crippen molar-refractivity contribution in [2.24, 2.45) is 5.10 Å². The molecule has 3 aromatic rings. The Labute approximate surface area is 203 Å². The summed E-state index contributed by atoms with van der Waals surface area (Å²) < 4.78 is 6.76. The average Bonchev–Trinajstić information content (AvgIpc) is 2.77. The molecule has 3 aromatic carbocycles. The highest BCUT2D eigenvalue weighted by Crippen LogP contribution is 2.25. The first-order chi connectivity index (χ1) is 15.4. The quantitative estimate of drug-likeness (QED) is 0.217. The van der Waals surface area contributed by atoms with Gasteiger partial charge in [0, 0.05) is 10.2 Å². The molecule has 0 spiro atoms. The highest BCUT2D eigenvalue weighted by molar-refractivity contribution is 9.10. The molecule has 0 saturated carbocycles. The Morgan fingerprint density at radius 1 is 0.938 bits per heavy atom. The molecule has 0 bridgehead atoms. The first kappa shape index (κ1) is 23.8. The summed E-state index contributed by atoms with van der Waals surface area (Å²) in [6.07, 6.45) is 1.09. The number of carbonyl (C=O) groups excluding carboxylic acids is 2. The third-order valence-electron chi connectivity index (χ3n) is 4.13. The summed E-state index contributed by atoms with van der Waals surface area (Å²) in [7, 11) is 0. The zero-order valence-electron chi connectivity index (χ0n) is 16.6. The van der Waals surface area contributed by atoms with Gasteiger partial charge in [0.2, 0.25) is 11.8 Å². The number of anilines is 1. The molecule has 0 heterocycles. The van der Waals surface area contributed by atoms with Crippen LogP contribution in [0.1, 0.15) is 17.5 Å². The van der Waals surface area contributed by atoms with Gasteiger partial charge in [-0.15, -0.1) is 0 Å². The molecule has 0 aliphatic heterocycles. The van der Waals surface area contributed by atoms with Gasteiger partial charge in [0.05, 0.1) is 16.3 Å². The van der Waals surface area contributed by atoms with Crippen LogP contribution in [0.15, 0.2) is 76.3 Å². The van der Waals surface area contributed by atoms with E-state index in [9.17, 15) is 9.59 Å². The zero-order chi connectivity index (χ0) is 22.9. The van der Waals surface area contributed by atoms with Gasteiger partial charge in [0.25, 0.3) is 0 Å². The predicted octanol–water partition coefficient (Wildman–Crippen LogP) is 5.81. The standard InChI is InChI=1S/C23H18BrCl2N3O3/c24-17-5-1-16(2-6-17)14-32-19-8-3-15(4-9-19)13-27-29-23(31)12-22(30)28-18-7-10-20(25)21(26)11-18/h1-11,13H,12,14H2,(H,28,30)(H,29,31). The molecule has 0 aliphatic rings. The number of hydrazone groups is 1. The molecule has 0 unspecified atom stereocenters. The molecule has 164 valence electrons. The Balaban J connectivity index is 1.42. The second-order valence-corrected chi connectivity index (χ2v) is 8.36. The van der Waals surface area contributed by atoms with Gasteiger partial charge in [-0.2, -0.15) is 5.10 Å². The van der Waals surface area contributed by atoms with E-state index < -0.39 is 11.8 Å². The fourth-order valence-electron chi connectivity index (χ4n) is 2.54. The van der Waals surface area contributed by atoms with Gasteiger partial charge < -0.3 is 10.1 Å². The molecule has 0 fully saturated rings. The minimum atomic E-state index is -0.548. The van der Waals surface area contributed by atoms with Crippen molar-refractivity contribution in [1.82, 2.24) is 5.43 Å². The van der Waals surface area contributed by atoms with Gasteiger partial charge in [-0.3, -0.25) is 9.59 Å². The topological polar surface area (TPSA) is 79.8 Å². The second-order valence-electron chi connectivity index (χ2n) is 6.63. The highest BCUT2D eigenvalue weighted by atomic mass is 79.9. The van der Waals surface area contributed by atoms with Gasteiger partial charge in [-0.25, -0.2) is 5.43 Å². The fourth-order valence-corrected chi connectivity index (χ4v) is 3.10. The van der Waals surface area contributed by atoms with Crippen molar-refractivity contribution >= 4 is 62.8 Å². The molecular weight excluding hydrogens is 517 g/mol. The lowest BCUT2D eigenvalue weighted by molar-refractivity contribution is -0.126. The van der Waals surface area contributed by atoms with Crippen LogP contribution in [0.4, 0.5) is 5.69 Å². The van der Waals surface area contributed by atoms with Crippen LogP contribution in [-0.4, -0.2) is 18.0 Å². The lowest BCUT2D eigenvalue weighted by Crippen LogP contribution is -2.24. The van der Waals surface area contributed by atoms with Crippen LogP contribution >= 0.6 is 39.1 Å². The number of carbonyl (C=O) groups is 2. The van der Waals surface area contributed by atoms with E-state index >= 15 is 0 Å². The van der Waals surface area contributed by atoms with Gasteiger partial charge in [-0.05, 0) is 65.7 Å². The average molecular weight is 535 g/mol. The van der Waals surface area contributed by atoms with Crippen LogP contribution in [0.5, 0.6) is 5.75 Å². The van der Waals surface area contributed by atoms with Crippen molar-refractivity contribution < 1.29 is 14.3 Å². The molecule has 2 N–H and O–H groups in total. The van der Waals surface area contributed by atoms with Crippen LogP contribution in [0, 0.1) is 0 Å². The first-order valence-corrected chi connectivity index (χ1v) is 11.0. The number of ether oxygens (including phenoxy) is 1. The number of halogens is 3. The van der Waals surface area contributed by atoms with Crippen LogP contribution in [0.3, 0.4) is 0 Å². The molecule has 2 amide bonds. The number of amides is 2. The minimum Gasteiger partial charge on any atom is -0.489 e. The van der Waals surface area contributed by atoms with Crippen molar-refractivity contribution in [1.29, 1.82) is 0 Å². The number of benzene rings is 3. The zero-order valence-corrected chi connectivity index (χ0v) is 19.7. The van der Waals surface area contributed by atoms with E-state index in [0.29, 0.717) is 28.1 Å². The summed E-state index contributed by atoms with van der Waals surface area (Å²) in [5, 5.41) is 7.13. The van der Waals surface area contributed by atoms with Gasteiger partial charge >= 0.3 is 0 Å². The second kappa shape index (κ2) is 11.7.